The van der Waals surface area contributed by atoms with Crippen LogP contribution in [0.5, 0.6) is 5.75 Å². The van der Waals surface area contributed by atoms with Crippen molar-refractivity contribution in [1.82, 2.24) is 15.6 Å². The molecule has 2 amide bonds. The molecule has 8 nitrogen and oxygen atoms in total. The first kappa shape index (κ1) is 29.4. The molecular weight excluding hydrogens is 520 g/mol. The van der Waals surface area contributed by atoms with Crippen molar-refractivity contribution in [3.8, 4) is 5.75 Å². The highest BCUT2D eigenvalue weighted by Crippen LogP contribution is 2.36. The topological polar surface area (TPSA) is 102 Å². The van der Waals surface area contributed by atoms with E-state index in [9.17, 15) is 27.2 Å². The van der Waals surface area contributed by atoms with Gasteiger partial charge >= 0.3 is 6.18 Å². The summed E-state index contributed by atoms with van der Waals surface area (Å²) in [5.74, 6) is -0.984. The van der Waals surface area contributed by atoms with E-state index in [1.807, 2.05) is 0 Å². The summed E-state index contributed by atoms with van der Waals surface area (Å²) in [6.07, 6.45) is -1.05. The predicted octanol–water partition coefficient (Wildman–Crippen LogP) is 4.83. The van der Waals surface area contributed by atoms with Crippen molar-refractivity contribution in [2.24, 2.45) is 0 Å². The number of anilines is 2. The van der Waals surface area contributed by atoms with E-state index in [0.717, 1.165) is 17.7 Å². The molecule has 0 fully saturated rings. The average molecular weight is 549 g/mol. The molecule has 0 atom stereocenters. The van der Waals surface area contributed by atoms with E-state index in [1.165, 1.54) is 19.5 Å². The van der Waals surface area contributed by atoms with E-state index < -0.39 is 17.6 Å². The van der Waals surface area contributed by atoms with Crippen LogP contribution < -0.4 is 20.7 Å². The number of carbonyl (C=O) groups excluding carboxylic acids is 2. The number of halogens is 4. The van der Waals surface area contributed by atoms with E-state index in [1.54, 1.807) is 30.3 Å². The molecule has 0 spiro atoms. The molecule has 208 valence electrons. The van der Waals surface area contributed by atoms with Gasteiger partial charge in [-0.25, -0.2) is 4.39 Å². The molecule has 0 unspecified atom stereocenters. The third-order valence-electron chi connectivity index (χ3n) is 5.45. The highest BCUT2D eigenvalue weighted by atomic mass is 19.4. The van der Waals surface area contributed by atoms with Gasteiger partial charge in [0.05, 0.1) is 36.7 Å². The Bertz CT molecular complexity index is 1250. The van der Waals surface area contributed by atoms with Crippen molar-refractivity contribution in [2.75, 3.05) is 32.2 Å². The fraction of sp³-hybridized carbons (Fsp3) is 0.296. The number of ether oxygens (including phenoxy) is 2. The monoisotopic (exact) mass is 548 g/mol. The van der Waals surface area contributed by atoms with Crippen LogP contribution in [-0.4, -0.2) is 43.7 Å². The molecule has 3 rings (SSSR count). The van der Waals surface area contributed by atoms with Crippen LogP contribution >= 0.6 is 0 Å². The Labute approximate surface area is 222 Å². The number of pyridine rings is 1. The number of amides is 2. The summed E-state index contributed by atoms with van der Waals surface area (Å²) < 4.78 is 63.3. The first-order chi connectivity index (χ1) is 18.7. The highest BCUT2D eigenvalue weighted by molar-refractivity contribution is 5.94. The van der Waals surface area contributed by atoms with Crippen LogP contribution in [0.1, 0.15) is 34.3 Å². The summed E-state index contributed by atoms with van der Waals surface area (Å²) in [6, 6.07) is 10.5. The first-order valence-corrected chi connectivity index (χ1v) is 12.0. The minimum atomic E-state index is -4.70. The largest absolute Gasteiger partial charge is 0.495 e. The van der Waals surface area contributed by atoms with Crippen molar-refractivity contribution in [3.05, 3.63) is 83.4 Å². The number of methoxy groups -OCH3 is 1. The van der Waals surface area contributed by atoms with Gasteiger partial charge < -0.3 is 25.4 Å². The maximum Gasteiger partial charge on any atom is 0.418 e. The number of carbonyl (C=O) groups is 2. The number of nitrogens with one attached hydrogen (secondary N) is 3. The molecule has 39 heavy (non-hydrogen) atoms. The van der Waals surface area contributed by atoms with E-state index >= 15 is 0 Å². The second-order valence-corrected chi connectivity index (χ2v) is 8.37. The number of alkyl halides is 3. The lowest BCUT2D eigenvalue weighted by Crippen LogP contribution is -2.26. The highest BCUT2D eigenvalue weighted by Gasteiger charge is 2.34. The van der Waals surface area contributed by atoms with Crippen molar-refractivity contribution in [3.63, 3.8) is 0 Å². The molecule has 2 aromatic carbocycles. The lowest BCUT2D eigenvalue weighted by Gasteiger charge is -2.15. The SMILES string of the molecule is COc1cncc(C(=O)NCCCOCCC(=O)NCc2ccc(Nc3ccc(F)cc3C(F)(F)F)cc2)c1. The molecule has 1 aromatic heterocycles. The Morgan fingerprint density at radius 1 is 0.974 bits per heavy atom. The van der Waals surface area contributed by atoms with Gasteiger partial charge in [0.2, 0.25) is 5.91 Å². The Morgan fingerprint density at radius 3 is 2.46 bits per heavy atom. The fourth-order valence-electron chi connectivity index (χ4n) is 3.41. The Hall–Kier alpha value is -4.19. The molecule has 12 heteroatoms. The molecule has 3 N–H and O–H groups in total. The zero-order valence-corrected chi connectivity index (χ0v) is 21.1. The lowest BCUT2D eigenvalue weighted by atomic mass is 10.1. The van der Waals surface area contributed by atoms with Crippen LogP contribution in [0, 0.1) is 5.82 Å². The first-order valence-electron chi connectivity index (χ1n) is 12.0. The van der Waals surface area contributed by atoms with E-state index in [-0.39, 0.29) is 37.1 Å². The molecule has 0 saturated heterocycles. The molecule has 0 aliphatic carbocycles. The van der Waals surface area contributed by atoms with Gasteiger partial charge in [-0.1, -0.05) is 12.1 Å². The van der Waals surface area contributed by atoms with Gasteiger partial charge in [0, 0.05) is 38.0 Å². The van der Waals surface area contributed by atoms with Gasteiger partial charge in [0.1, 0.15) is 11.6 Å². The Balaban J connectivity index is 1.31. The Kier molecular flexibility index (Phi) is 10.6. The number of aromatic nitrogens is 1. The minimum Gasteiger partial charge on any atom is -0.495 e. The molecule has 1 heterocycles. The van der Waals surface area contributed by atoms with Gasteiger partial charge in [-0.3, -0.25) is 14.6 Å². The third-order valence-corrected chi connectivity index (χ3v) is 5.45. The summed E-state index contributed by atoms with van der Waals surface area (Å²) in [5.41, 5.74) is 0.151. The van der Waals surface area contributed by atoms with Crippen molar-refractivity contribution < 1.29 is 36.6 Å². The maximum atomic E-state index is 13.3. The second-order valence-electron chi connectivity index (χ2n) is 8.37. The molecule has 0 saturated carbocycles. The number of rotatable bonds is 13. The molecule has 0 radical (unpaired) electrons. The van der Waals surface area contributed by atoms with Crippen LogP contribution in [0.4, 0.5) is 28.9 Å². The minimum absolute atomic E-state index is 0.145. The molecule has 3 aromatic rings. The van der Waals surface area contributed by atoms with Crippen molar-refractivity contribution >= 4 is 23.2 Å². The molecule has 0 bridgehead atoms. The third kappa shape index (κ3) is 9.56. The summed E-state index contributed by atoms with van der Waals surface area (Å²) >= 11 is 0. The van der Waals surface area contributed by atoms with E-state index in [2.05, 4.69) is 20.9 Å². The van der Waals surface area contributed by atoms with Crippen molar-refractivity contribution in [2.45, 2.75) is 25.6 Å². The van der Waals surface area contributed by atoms with Gasteiger partial charge in [-0.15, -0.1) is 0 Å². The van der Waals surface area contributed by atoms with E-state index in [0.29, 0.717) is 42.6 Å². The van der Waals surface area contributed by atoms with Crippen LogP contribution in [0.25, 0.3) is 0 Å². The molecule has 0 aliphatic rings. The quantitative estimate of drug-likeness (QED) is 0.209. The lowest BCUT2D eigenvalue weighted by molar-refractivity contribution is -0.137. The fourth-order valence-corrected chi connectivity index (χ4v) is 3.41. The average Bonchev–Trinajstić information content (AvgIpc) is 2.92. The zero-order chi connectivity index (χ0) is 28.3. The van der Waals surface area contributed by atoms with E-state index in [4.69, 9.17) is 9.47 Å². The normalized spacial score (nSPS) is 11.1. The van der Waals surface area contributed by atoms with Gasteiger partial charge in [-0.05, 0) is 48.4 Å². The van der Waals surface area contributed by atoms with Crippen LogP contribution in [0.15, 0.2) is 60.9 Å². The van der Waals surface area contributed by atoms with Crippen LogP contribution in [-0.2, 0) is 22.3 Å². The summed E-state index contributed by atoms with van der Waals surface area (Å²) in [4.78, 5) is 28.1. The smallest absolute Gasteiger partial charge is 0.418 e. The van der Waals surface area contributed by atoms with Crippen LogP contribution in [0.3, 0.4) is 0 Å². The number of nitrogens with zero attached hydrogens (tertiary/aromatic N) is 1. The van der Waals surface area contributed by atoms with Gasteiger partial charge in [0.25, 0.3) is 5.91 Å². The van der Waals surface area contributed by atoms with Gasteiger partial charge in [-0.2, -0.15) is 13.2 Å². The molecule has 0 aliphatic heterocycles. The number of hydrogen-bond acceptors (Lipinski definition) is 6. The van der Waals surface area contributed by atoms with Crippen LogP contribution in [0.2, 0.25) is 0 Å². The summed E-state index contributed by atoms with van der Waals surface area (Å²) in [6.45, 7) is 1.20. The zero-order valence-electron chi connectivity index (χ0n) is 21.1. The maximum absolute atomic E-state index is 13.3. The van der Waals surface area contributed by atoms with Crippen molar-refractivity contribution in [1.29, 1.82) is 0 Å². The Morgan fingerprint density at radius 2 is 1.74 bits per heavy atom. The standard InChI is InChI=1S/C27H28F4N4O4/c1-38-22-13-19(16-32-17-22)26(37)33-10-2-11-39-12-9-25(36)34-15-18-3-6-21(7-4-18)35-24-8-5-20(28)14-23(24)27(29,30)31/h3-8,13-14,16-17,35H,2,9-12,15H2,1H3,(H,33,37)(H,34,36). The second kappa shape index (κ2) is 14.1. The summed E-state index contributed by atoms with van der Waals surface area (Å²) in [5, 5.41) is 8.14. The van der Waals surface area contributed by atoms with Gasteiger partial charge in [0.15, 0.2) is 0 Å². The number of hydrogen-bond donors (Lipinski definition) is 3. The predicted molar refractivity (Wildman–Crippen MR) is 136 cm³/mol. The number of benzene rings is 2. The summed E-state index contributed by atoms with van der Waals surface area (Å²) in [7, 11) is 1.49. The molecular formula is C27H28F4N4O4.